The Hall–Kier alpha value is -2.05. The summed E-state index contributed by atoms with van der Waals surface area (Å²) >= 11 is 6.84. The van der Waals surface area contributed by atoms with Crippen LogP contribution >= 0.6 is 11.6 Å². The molecule has 1 atom stereocenters. The fourth-order valence-electron chi connectivity index (χ4n) is 2.68. The second kappa shape index (κ2) is 6.60. The maximum Gasteiger partial charge on any atom is 0.0694 e. The average Bonchev–Trinajstić information content (AvgIpc) is 2.58. The summed E-state index contributed by atoms with van der Waals surface area (Å²) in [5, 5.41) is -0.0870. The highest BCUT2D eigenvalue weighted by molar-refractivity contribution is 6.21. The molecular weight excluding hydrogens is 276 g/mol. The lowest BCUT2D eigenvalue weighted by molar-refractivity contribution is 0.776. The molecule has 3 aromatic rings. The fraction of sp³-hybridized carbons (Fsp3) is 0.100. The van der Waals surface area contributed by atoms with Gasteiger partial charge in [-0.15, -0.1) is 11.6 Å². The van der Waals surface area contributed by atoms with Gasteiger partial charge in [-0.05, 0) is 16.7 Å². The summed E-state index contributed by atoms with van der Waals surface area (Å²) in [4.78, 5) is 0. The Bertz CT molecular complexity index is 622. The van der Waals surface area contributed by atoms with Crippen molar-refractivity contribution in [3.63, 3.8) is 0 Å². The van der Waals surface area contributed by atoms with Crippen molar-refractivity contribution < 1.29 is 0 Å². The summed E-state index contributed by atoms with van der Waals surface area (Å²) in [5.41, 5.74) is 3.64. The Balaban J connectivity index is 2.05. The summed E-state index contributed by atoms with van der Waals surface area (Å²) in [7, 11) is 0. The monoisotopic (exact) mass is 292 g/mol. The van der Waals surface area contributed by atoms with Crippen LogP contribution in [0.25, 0.3) is 0 Å². The van der Waals surface area contributed by atoms with E-state index in [1.165, 1.54) is 11.1 Å². The van der Waals surface area contributed by atoms with Crippen molar-refractivity contribution >= 4 is 11.6 Å². The number of hydrogen-bond acceptors (Lipinski definition) is 0. The SMILES string of the molecule is Cl[C@@H](c1ccccc1)C(c1ccccc1)c1ccccc1. The molecule has 3 aromatic carbocycles. The zero-order valence-electron chi connectivity index (χ0n) is 11.7. The molecule has 1 heteroatoms. The second-order valence-corrected chi connectivity index (χ2v) is 5.58. The molecule has 0 saturated heterocycles. The third-order valence-corrected chi connectivity index (χ3v) is 4.23. The van der Waals surface area contributed by atoms with E-state index in [4.69, 9.17) is 11.6 Å². The number of halogens is 1. The van der Waals surface area contributed by atoms with Crippen molar-refractivity contribution in [2.24, 2.45) is 0 Å². The number of benzene rings is 3. The van der Waals surface area contributed by atoms with Gasteiger partial charge in [-0.3, -0.25) is 0 Å². The van der Waals surface area contributed by atoms with Crippen molar-refractivity contribution in [2.75, 3.05) is 0 Å². The molecule has 0 aliphatic rings. The summed E-state index contributed by atoms with van der Waals surface area (Å²) in [6, 6.07) is 31.2. The van der Waals surface area contributed by atoms with E-state index in [9.17, 15) is 0 Å². The van der Waals surface area contributed by atoms with Crippen LogP contribution in [0.1, 0.15) is 28.0 Å². The predicted octanol–water partition coefficient (Wildman–Crippen LogP) is 5.80. The zero-order chi connectivity index (χ0) is 14.5. The predicted molar refractivity (Wildman–Crippen MR) is 89.8 cm³/mol. The Morgan fingerprint density at radius 2 is 0.810 bits per heavy atom. The van der Waals surface area contributed by atoms with Gasteiger partial charge in [0.1, 0.15) is 0 Å². The van der Waals surface area contributed by atoms with Gasteiger partial charge in [0.05, 0.1) is 5.38 Å². The average molecular weight is 293 g/mol. The molecule has 0 nitrogen and oxygen atoms in total. The van der Waals surface area contributed by atoms with Crippen LogP contribution in [0.3, 0.4) is 0 Å². The lowest BCUT2D eigenvalue weighted by atomic mass is 9.85. The molecule has 0 aliphatic heterocycles. The Labute approximate surface area is 131 Å². The number of alkyl halides is 1. The van der Waals surface area contributed by atoms with Crippen LogP contribution in [0.5, 0.6) is 0 Å². The molecule has 0 heterocycles. The van der Waals surface area contributed by atoms with E-state index >= 15 is 0 Å². The normalized spacial score (nSPS) is 12.3. The summed E-state index contributed by atoms with van der Waals surface area (Å²) in [5.74, 6) is 0.150. The topological polar surface area (TPSA) is 0 Å². The Morgan fingerprint density at radius 3 is 1.19 bits per heavy atom. The molecular formula is C20H17Cl. The van der Waals surface area contributed by atoms with Crippen molar-refractivity contribution in [1.29, 1.82) is 0 Å². The highest BCUT2D eigenvalue weighted by Crippen LogP contribution is 2.40. The number of rotatable bonds is 4. The largest absolute Gasteiger partial charge is 0.117 e. The molecule has 0 saturated carbocycles. The van der Waals surface area contributed by atoms with E-state index in [2.05, 4.69) is 60.7 Å². The van der Waals surface area contributed by atoms with Gasteiger partial charge < -0.3 is 0 Å². The first-order valence-electron chi connectivity index (χ1n) is 7.15. The first-order valence-corrected chi connectivity index (χ1v) is 7.59. The van der Waals surface area contributed by atoms with Gasteiger partial charge in [0.25, 0.3) is 0 Å². The van der Waals surface area contributed by atoms with Gasteiger partial charge in [-0.1, -0.05) is 91.0 Å². The first-order chi connectivity index (χ1) is 10.4. The minimum atomic E-state index is -0.0870. The van der Waals surface area contributed by atoms with Gasteiger partial charge in [-0.25, -0.2) is 0 Å². The Kier molecular flexibility index (Phi) is 4.37. The van der Waals surface area contributed by atoms with E-state index < -0.39 is 0 Å². The third kappa shape index (κ3) is 3.17. The molecule has 0 aromatic heterocycles. The maximum absolute atomic E-state index is 6.84. The van der Waals surface area contributed by atoms with E-state index in [1.54, 1.807) is 0 Å². The summed E-state index contributed by atoms with van der Waals surface area (Å²) < 4.78 is 0. The van der Waals surface area contributed by atoms with Crippen LogP contribution in [0.15, 0.2) is 91.0 Å². The van der Waals surface area contributed by atoms with Crippen LogP contribution in [0, 0.1) is 0 Å². The summed E-state index contributed by atoms with van der Waals surface area (Å²) in [6.45, 7) is 0. The molecule has 0 radical (unpaired) electrons. The van der Waals surface area contributed by atoms with Gasteiger partial charge >= 0.3 is 0 Å². The molecule has 21 heavy (non-hydrogen) atoms. The maximum atomic E-state index is 6.84. The molecule has 0 spiro atoms. The molecule has 0 amide bonds. The van der Waals surface area contributed by atoms with E-state index in [0.29, 0.717) is 0 Å². The lowest BCUT2D eigenvalue weighted by Gasteiger charge is -2.24. The highest BCUT2D eigenvalue weighted by Gasteiger charge is 2.24. The standard InChI is InChI=1S/C20H17Cl/c21-20(18-14-8-3-9-15-18)19(16-10-4-1-5-11-16)17-12-6-2-7-13-17/h1-15,19-20H/t20-/m0/s1. The lowest BCUT2D eigenvalue weighted by Crippen LogP contribution is -2.08. The fourth-order valence-corrected chi connectivity index (χ4v) is 3.12. The van der Waals surface area contributed by atoms with E-state index in [-0.39, 0.29) is 11.3 Å². The quantitative estimate of drug-likeness (QED) is 0.533. The smallest absolute Gasteiger partial charge is 0.0694 e. The minimum absolute atomic E-state index is 0.0870. The molecule has 3 rings (SSSR count). The molecule has 0 bridgehead atoms. The second-order valence-electron chi connectivity index (χ2n) is 5.11. The summed E-state index contributed by atoms with van der Waals surface area (Å²) in [6.07, 6.45) is 0. The van der Waals surface area contributed by atoms with Gasteiger partial charge in [0.2, 0.25) is 0 Å². The molecule has 0 aliphatic carbocycles. The number of hydrogen-bond donors (Lipinski definition) is 0. The zero-order valence-corrected chi connectivity index (χ0v) is 12.4. The van der Waals surface area contributed by atoms with Crippen LogP contribution < -0.4 is 0 Å². The van der Waals surface area contributed by atoms with Crippen LogP contribution in [-0.4, -0.2) is 0 Å². The van der Waals surface area contributed by atoms with Gasteiger partial charge in [0.15, 0.2) is 0 Å². The molecule has 104 valence electrons. The highest BCUT2D eigenvalue weighted by atomic mass is 35.5. The van der Waals surface area contributed by atoms with Crippen molar-refractivity contribution in [3.05, 3.63) is 108 Å². The van der Waals surface area contributed by atoms with Gasteiger partial charge in [0, 0.05) is 5.92 Å². The minimum Gasteiger partial charge on any atom is -0.117 e. The molecule has 0 unspecified atom stereocenters. The van der Waals surface area contributed by atoms with E-state index in [1.807, 2.05) is 30.3 Å². The van der Waals surface area contributed by atoms with Gasteiger partial charge in [-0.2, -0.15) is 0 Å². The van der Waals surface area contributed by atoms with E-state index in [0.717, 1.165) is 5.56 Å². The van der Waals surface area contributed by atoms with Crippen LogP contribution in [0.2, 0.25) is 0 Å². The van der Waals surface area contributed by atoms with Crippen molar-refractivity contribution in [1.82, 2.24) is 0 Å². The van der Waals surface area contributed by atoms with Crippen LogP contribution in [-0.2, 0) is 0 Å². The molecule has 0 N–H and O–H groups in total. The molecule has 0 fully saturated rings. The van der Waals surface area contributed by atoms with Crippen molar-refractivity contribution in [3.8, 4) is 0 Å². The van der Waals surface area contributed by atoms with Crippen molar-refractivity contribution in [2.45, 2.75) is 11.3 Å². The Morgan fingerprint density at radius 1 is 0.476 bits per heavy atom. The third-order valence-electron chi connectivity index (χ3n) is 3.73. The first kappa shape index (κ1) is 13.9. The van der Waals surface area contributed by atoms with Crippen LogP contribution in [0.4, 0.5) is 0 Å².